The fraction of sp³-hybridized carbons (Fsp3) is 0.364. The van der Waals surface area contributed by atoms with Crippen LogP contribution in [0.3, 0.4) is 0 Å². The maximum atomic E-state index is 12.3. The van der Waals surface area contributed by atoms with E-state index in [1.165, 1.54) is 6.07 Å². The van der Waals surface area contributed by atoms with E-state index in [-0.39, 0.29) is 29.4 Å². The molecule has 0 saturated carbocycles. The summed E-state index contributed by atoms with van der Waals surface area (Å²) < 4.78 is 28.9. The van der Waals surface area contributed by atoms with Crippen LogP contribution in [-0.2, 0) is 5.88 Å². The van der Waals surface area contributed by atoms with Gasteiger partial charge in [0.25, 0.3) is 0 Å². The van der Waals surface area contributed by atoms with Gasteiger partial charge in [-0.15, -0.1) is 11.6 Å². The minimum absolute atomic E-state index is 0.0114. The van der Waals surface area contributed by atoms with E-state index in [4.69, 9.17) is 11.6 Å². The lowest BCUT2D eigenvalue weighted by Gasteiger charge is -2.13. The van der Waals surface area contributed by atoms with Gasteiger partial charge in [-0.3, -0.25) is 4.79 Å². The summed E-state index contributed by atoms with van der Waals surface area (Å²) in [6.07, 6.45) is 0.214. The number of ketones is 1. The molecule has 94 valence electrons. The smallest absolute Gasteiger partial charge is 0.387 e. The molecule has 0 N–H and O–H groups in total. The molecule has 1 aromatic carbocycles. The van der Waals surface area contributed by atoms with Crippen LogP contribution in [0.4, 0.5) is 8.78 Å². The van der Waals surface area contributed by atoms with Crippen molar-refractivity contribution in [1.82, 2.24) is 0 Å². The maximum absolute atomic E-state index is 12.3. The number of alkyl halides is 4. The molecule has 0 aliphatic rings. The molecular weight excluding hydrogens is 317 g/mol. The van der Waals surface area contributed by atoms with Gasteiger partial charge < -0.3 is 4.74 Å². The molecule has 6 heteroatoms. The van der Waals surface area contributed by atoms with Crippen LogP contribution in [0.25, 0.3) is 0 Å². The predicted molar refractivity (Wildman–Crippen MR) is 65.4 cm³/mol. The monoisotopic (exact) mass is 326 g/mol. The molecule has 0 aliphatic heterocycles. The van der Waals surface area contributed by atoms with Crippen molar-refractivity contribution in [2.75, 3.05) is 5.33 Å². The molecule has 0 aliphatic carbocycles. The van der Waals surface area contributed by atoms with Crippen LogP contribution >= 0.6 is 27.5 Å². The van der Waals surface area contributed by atoms with Crippen molar-refractivity contribution in [2.24, 2.45) is 0 Å². The normalized spacial score (nSPS) is 10.6. The second kappa shape index (κ2) is 6.91. The standard InChI is InChI=1S/C11H10BrClF2O2/c12-5-4-9(16)8-3-1-2-7(6-13)10(8)17-11(14)15/h1-3,11H,4-6H2. The van der Waals surface area contributed by atoms with Crippen LogP contribution in [0.1, 0.15) is 22.3 Å². The fourth-order valence-corrected chi connectivity index (χ4v) is 1.93. The number of halogens is 4. The predicted octanol–water partition coefficient (Wildman–Crippen LogP) is 3.99. The first-order valence-electron chi connectivity index (χ1n) is 4.82. The molecule has 0 bridgehead atoms. The van der Waals surface area contributed by atoms with Crippen molar-refractivity contribution in [2.45, 2.75) is 18.9 Å². The first-order chi connectivity index (χ1) is 8.10. The first kappa shape index (κ1) is 14.4. The third-order valence-corrected chi connectivity index (χ3v) is 2.75. The number of hydrogen-bond acceptors (Lipinski definition) is 2. The van der Waals surface area contributed by atoms with Crippen LogP contribution in [0, 0.1) is 0 Å². The number of Topliss-reactive ketones (excluding diaryl/α,β-unsaturated/α-hetero) is 1. The maximum Gasteiger partial charge on any atom is 0.387 e. The van der Waals surface area contributed by atoms with Gasteiger partial charge in [0, 0.05) is 17.3 Å². The summed E-state index contributed by atoms with van der Waals surface area (Å²) >= 11 is 8.75. The fourth-order valence-electron chi connectivity index (χ4n) is 1.36. The minimum atomic E-state index is -2.98. The highest BCUT2D eigenvalue weighted by Gasteiger charge is 2.18. The second-order valence-electron chi connectivity index (χ2n) is 3.17. The van der Waals surface area contributed by atoms with Gasteiger partial charge in [0.1, 0.15) is 5.75 Å². The van der Waals surface area contributed by atoms with Crippen molar-refractivity contribution in [3.05, 3.63) is 29.3 Å². The molecule has 0 aromatic heterocycles. The van der Waals surface area contributed by atoms with Gasteiger partial charge in [0.15, 0.2) is 5.78 Å². The number of carbonyl (C=O) groups excluding carboxylic acids is 1. The van der Waals surface area contributed by atoms with E-state index in [2.05, 4.69) is 20.7 Å². The number of benzene rings is 1. The number of rotatable bonds is 6. The van der Waals surface area contributed by atoms with Crippen LogP contribution in [0.15, 0.2) is 18.2 Å². The molecule has 0 atom stereocenters. The molecule has 0 amide bonds. The molecule has 0 radical (unpaired) electrons. The summed E-state index contributed by atoms with van der Waals surface area (Å²) in [7, 11) is 0. The van der Waals surface area contributed by atoms with Crippen LogP contribution in [-0.4, -0.2) is 17.7 Å². The zero-order valence-electron chi connectivity index (χ0n) is 8.76. The van der Waals surface area contributed by atoms with Crippen molar-refractivity contribution in [3.8, 4) is 5.75 Å². The SMILES string of the molecule is O=C(CCBr)c1cccc(CCl)c1OC(F)F. The lowest BCUT2D eigenvalue weighted by molar-refractivity contribution is -0.0506. The molecule has 1 rings (SSSR count). The molecule has 0 heterocycles. The average Bonchev–Trinajstić information content (AvgIpc) is 2.28. The van der Waals surface area contributed by atoms with Crippen LogP contribution < -0.4 is 4.74 Å². The van der Waals surface area contributed by atoms with Crippen LogP contribution in [0.2, 0.25) is 0 Å². The van der Waals surface area contributed by atoms with E-state index in [1.54, 1.807) is 12.1 Å². The zero-order valence-corrected chi connectivity index (χ0v) is 11.1. The second-order valence-corrected chi connectivity index (χ2v) is 4.23. The van der Waals surface area contributed by atoms with E-state index in [1.807, 2.05) is 0 Å². The summed E-state index contributed by atoms with van der Waals surface area (Å²) in [6.45, 7) is -2.98. The van der Waals surface area contributed by atoms with Crippen molar-refractivity contribution in [1.29, 1.82) is 0 Å². The quantitative estimate of drug-likeness (QED) is 0.583. The average molecular weight is 328 g/mol. The highest BCUT2D eigenvalue weighted by Crippen LogP contribution is 2.28. The Morgan fingerprint density at radius 3 is 2.71 bits per heavy atom. The highest BCUT2D eigenvalue weighted by atomic mass is 79.9. The largest absolute Gasteiger partial charge is 0.434 e. The Balaban J connectivity index is 3.14. The topological polar surface area (TPSA) is 26.3 Å². The molecule has 2 nitrogen and oxygen atoms in total. The van der Waals surface area contributed by atoms with Gasteiger partial charge in [0.2, 0.25) is 0 Å². The van der Waals surface area contributed by atoms with Gasteiger partial charge in [0.05, 0.1) is 11.4 Å². The van der Waals surface area contributed by atoms with E-state index >= 15 is 0 Å². The number of hydrogen-bond donors (Lipinski definition) is 0. The minimum Gasteiger partial charge on any atom is -0.434 e. The zero-order chi connectivity index (χ0) is 12.8. The molecule has 0 fully saturated rings. The Bertz CT molecular complexity index is 399. The molecule has 1 aromatic rings. The van der Waals surface area contributed by atoms with Gasteiger partial charge >= 0.3 is 6.61 Å². The van der Waals surface area contributed by atoms with Crippen molar-refractivity contribution in [3.63, 3.8) is 0 Å². The Kier molecular flexibility index (Phi) is 5.85. The summed E-state index contributed by atoms with van der Waals surface area (Å²) in [4.78, 5) is 11.7. The highest BCUT2D eigenvalue weighted by molar-refractivity contribution is 9.09. The molecule has 17 heavy (non-hydrogen) atoms. The van der Waals surface area contributed by atoms with E-state index < -0.39 is 6.61 Å². The Morgan fingerprint density at radius 1 is 1.47 bits per heavy atom. The van der Waals surface area contributed by atoms with Crippen molar-refractivity contribution >= 4 is 33.3 Å². The van der Waals surface area contributed by atoms with Gasteiger partial charge in [-0.05, 0) is 6.07 Å². The van der Waals surface area contributed by atoms with Gasteiger partial charge in [-0.1, -0.05) is 28.1 Å². The molecule has 0 spiro atoms. The first-order valence-corrected chi connectivity index (χ1v) is 6.47. The van der Waals surface area contributed by atoms with Gasteiger partial charge in [-0.2, -0.15) is 8.78 Å². The summed E-state index contributed by atoms with van der Waals surface area (Å²) in [5.41, 5.74) is 0.523. The third-order valence-electron chi connectivity index (χ3n) is 2.07. The Labute approximate surface area is 111 Å². The number of carbonyl (C=O) groups is 1. The third kappa shape index (κ3) is 3.92. The lowest BCUT2D eigenvalue weighted by atomic mass is 10.0. The van der Waals surface area contributed by atoms with Gasteiger partial charge in [-0.25, -0.2) is 0 Å². The molecular formula is C11H10BrClF2O2. The van der Waals surface area contributed by atoms with E-state index in [0.29, 0.717) is 10.9 Å². The van der Waals surface area contributed by atoms with E-state index in [9.17, 15) is 13.6 Å². The molecule has 0 unspecified atom stereocenters. The van der Waals surface area contributed by atoms with E-state index in [0.717, 1.165) is 0 Å². The summed E-state index contributed by atoms with van der Waals surface area (Å²) in [6, 6.07) is 4.60. The van der Waals surface area contributed by atoms with Crippen molar-refractivity contribution < 1.29 is 18.3 Å². The molecule has 0 saturated heterocycles. The number of ether oxygens (including phenoxy) is 1. The number of para-hydroxylation sites is 1. The lowest BCUT2D eigenvalue weighted by Crippen LogP contribution is -2.10. The Morgan fingerprint density at radius 2 is 2.18 bits per heavy atom. The Hall–Kier alpha value is -0.680. The summed E-state index contributed by atoms with van der Waals surface area (Å²) in [5, 5.41) is 0.463. The summed E-state index contributed by atoms with van der Waals surface area (Å²) in [5.74, 6) is -0.370. The van der Waals surface area contributed by atoms with Crippen LogP contribution in [0.5, 0.6) is 5.75 Å².